The van der Waals surface area contributed by atoms with Gasteiger partial charge in [0.1, 0.15) is 18.4 Å². The molecular formula is C12H7BrClNOS. The van der Waals surface area contributed by atoms with Crippen molar-refractivity contribution in [3.8, 4) is 11.8 Å². The van der Waals surface area contributed by atoms with E-state index in [2.05, 4.69) is 22.0 Å². The SMILES string of the molecule is N#Cc1ccc(Cl)cc1OCc1ccc(Br)s1. The third-order valence-electron chi connectivity index (χ3n) is 2.06. The van der Waals surface area contributed by atoms with Gasteiger partial charge in [0.25, 0.3) is 0 Å². The van der Waals surface area contributed by atoms with Crippen LogP contribution in [0.5, 0.6) is 5.75 Å². The number of nitriles is 1. The summed E-state index contributed by atoms with van der Waals surface area (Å²) >= 11 is 10.9. The quantitative estimate of drug-likeness (QED) is 0.824. The zero-order chi connectivity index (χ0) is 12.3. The lowest BCUT2D eigenvalue weighted by Gasteiger charge is -2.06. The molecule has 17 heavy (non-hydrogen) atoms. The third-order valence-corrected chi connectivity index (χ3v) is 3.90. The summed E-state index contributed by atoms with van der Waals surface area (Å²) in [5, 5.41) is 9.49. The third kappa shape index (κ3) is 3.22. The number of hydrogen-bond acceptors (Lipinski definition) is 3. The van der Waals surface area contributed by atoms with Crippen molar-refractivity contribution < 1.29 is 4.74 Å². The van der Waals surface area contributed by atoms with Crippen molar-refractivity contribution >= 4 is 38.9 Å². The smallest absolute Gasteiger partial charge is 0.139 e. The van der Waals surface area contributed by atoms with Gasteiger partial charge in [0.15, 0.2) is 0 Å². The van der Waals surface area contributed by atoms with Gasteiger partial charge < -0.3 is 4.74 Å². The van der Waals surface area contributed by atoms with E-state index in [4.69, 9.17) is 21.6 Å². The van der Waals surface area contributed by atoms with Crippen LogP contribution in [-0.2, 0) is 6.61 Å². The van der Waals surface area contributed by atoms with E-state index >= 15 is 0 Å². The van der Waals surface area contributed by atoms with E-state index in [1.807, 2.05) is 12.1 Å². The summed E-state index contributed by atoms with van der Waals surface area (Å²) in [6, 6.07) is 11.0. The number of benzene rings is 1. The van der Waals surface area contributed by atoms with E-state index < -0.39 is 0 Å². The fraction of sp³-hybridized carbons (Fsp3) is 0.0833. The zero-order valence-corrected chi connectivity index (χ0v) is 11.8. The number of halogens is 2. The van der Waals surface area contributed by atoms with E-state index in [9.17, 15) is 0 Å². The highest BCUT2D eigenvalue weighted by molar-refractivity contribution is 9.11. The van der Waals surface area contributed by atoms with Crippen molar-refractivity contribution in [2.24, 2.45) is 0 Å². The van der Waals surface area contributed by atoms with E-state index in [1.165, 1.54) is 0 Å². The summed E-state index contributed by atoms with van der Waals surface area (Å²) in [6.07, 6.45) is 0. The van der Waals surface area contributed by atoms with Gasteiger partial charge in [0.2, 0.25) is 0 Å². The fourth-order valence-corrected chi connectivity index (χ4v) is 2.84. The van der Waals surface area contributed by atoms with Crippen LogP contribution < -0.4 is 4.74 Å². The Morgan fingerprint density at radius 3 is 2.82 bits per heavy atom. The Morgan fingerprint density at radius 2 is 2.18 bits per heavy atom. The first-order valence-electron chi connectivity index (χ1n) is 4.75. The van der Waals surface area contributed by atoms with Gasteiger partial charge in [0.05, 0.1) is 9.35 Å². The molecule has 0 spiro atoms. The predicted molar refractivity (Wildman–Crippen MR) is 72.5 cm³/mol. The molecule has 0 aliphatic heterocycles. The molecule has 0 aliphatic carbocycles. The molecule has 0 saturated heterocycles. The highest BCUT2D eigenvalue weighted by Crippen LogP contribution is 2.26. The van der Waals surface area contributed by atoms with E-state index in [0.717, 1.165) is 8.66 Å². The minimum atomic E-state index is 0.436. The van der Waals surface area contributed by atoms with Gasteiger partial charge in [0, 0.05) is 16.0 Å². The molecule has 2 aromatic rings. The van der Waals surface area contributed by atoms with Crippen molar-refractivity contribution in [2.45, 2.75) is 6.61 Å². The molecule has 0 atom stereocenters. The van der Waals surface area contributed by atoms with Crippen LogP contribution in [0.1, 0.15) is 10.4 Å². The summed E-state index contributed by atoms with van der Waals surface area (Å²) in [6.45, 7) is 0.436. The van der Waals surface area contributed by atoms with Gasteiger partial charge in [-0.1, -0.05) is 11.6 Å². The molecule has 0 N–H and O–H groups in total. The molecule has 0 unspecified atom stereocenters. The Bertz CT molecular complexity index is 576. The lowest BCUT2D eigenvalue weighted by molar-refractivity contribution is 0.309. The molecule has 1 aromatic heterocycles. The van der Waals surface area contributed by atoms with Crippen molar-refractivity contribution in [2.75, 3.05) is 0 Å². The Labute approximate surface area is 117 Å². The molecule has 2 rings (SSSR count). The highest BCUT2D eigenvalue weighted by atomic mass is 79.9. The lowest BCUT2D eigenvalue weighted by Crippen LogP contribution is -1.95. The molecule has 0 amide bonds. The number of ether oxygens (including phenoxy) is 1. The van der Waals surface area contributed by atoms with E-state index in [1.54, 1.807) is 29.5 Å². The maximum Gasteiger partial charge on any atom is 0.139 e. The molecular weight excluding hydrogens is 322 g/mol. The van der Waals surface area contributed by atoms with Gasteiger partial charge in [-0.3, -0.25) is 0 Å². The first kappa shape index (κ1) is 12.4. The molecule has 1 aromatic carbocycles. The largest absolute Gasteiger partial charge is 0.487 e. The molecule has 0 radical (unpaired) electrons. The van der Waals surface area contributed by atoms with Gasteiger partial charge in [-0.25, -0.2) is 0 Å². The second-order valence-electron chi connectivity index (χ2n) is 3.25. The van der Waals surface area contributed by atoms with Crippen LogP contribution in [0.15, 0.2) is 34.1 Å². The molecule has 0 saturated carbocycles. The molecule has 5 heteroatoms. The highest BCUT2D eigenvalue weighted by Gasteiger charge is 2.05. The number of thiophene rings is 1. The maximum absolute atomic E-state index is 8.93. The average Bonchev–Trinajstić information content (AvgIpc) is 2.73. The second kappa shape index (κ2) is 5.54. The lowest BCUT2D eigenvalue weighted by atomic mass is 10.2. The van der Waals surface area contributed by atoms with Crippen LogP contribution in [0.2, 0.25) is 5.02 Å². The fourth-order valence-electron chi connectivity index (χ4n) is 1.29. The number of nitrogens with zero attached hydrogens (tertiary/aromatic N) is 1. The van der Waals surface area contributed by atoms with Gasteiger partial charge in [-0.15, -0.1) is 11.3 Å². The number of rotatable bonds is 3. The standard InChI is InChI=1S/C12H7BrClNOS/c13-12-4-3-10(17-12)7-16-11-5-9(14)2-1-8(11)6-15/h1-5H,7H2. The summed E-state index contributed by atoms with van der Waals surface area (Å²) in [5.41, 5.74) is 0.491. The van der Waals surface area contributed by atoms with E-state index in [-0.39, 0.29) is 0 Å². The number of hydrogen-bond donors (Lipinski definition) is 0. The normalized spacial score (nSPS) is 9.94. The van der Waals surface area contributed by atoms with Crippen LogP contribution in [0.4, 0.5) is 0 Å². The van der Waals surface area contributed by atoms with Crippen molar-refractivity contribution in [1.29, 1.82) is 5.26 Å². The van der Waals surface area contributed by atoms with Crippen molar-refractivity contribution in [3.05, 3.63) is 49.6 Å². The summed E-state index contributed by atoms with van der Waals surface area (Å²) in [5.74, 6) is 0.518. The first-order chi connectivity index (χ1) is 8.19. The monoisotopic (exact) mass is 327 g/mol. The van der Waals surface area contributed by atoms with Crippen LogP contribution in [0.3, 0.4) is 0 Å². The Kier molecular flexibility index (Phi) is 4.06. The molecule has 86 valence electrons. The molecule has 0 fully saturated rings. The van der Waals surface area contributed by atoms with Crippen LogP contribution in [0, 0.1) is 11.3 Å². The van der Waals surface area contributed by atoms with Crippen LogP contribution >= 0.6 is 38.9 Å². The minimum absolute atomic E-state index is 0.436. The zero-order valence-electron chi connectivity index (χ0n) is 8.61. The first-order valence-corrected chi connectivity index (χ1v) is 6.74. The van der Waals surface area contributed by atoms with Crippen LogP contribution in [0.25, 0.3) is 0 Å². The molecule has 0 aliphatic rings. The summed E-state index contributed by atoms with van der Waals surface area (Å²) < 4.78 is 6.65. The molecule has 1 heterocycles. The van der Waals surface area contributed by atoms with Gasteiger partial charge >= 0.3 is 0 Å². The minimum Gasteiger partial charge on any atom is -0.487 e. The van der Waals surface area contributed by atoms with E-state index in [0.29, 0.717) is 22.9 Å². The Hall–Kier alpha value is -1.02. The van der Waals surface area contributed by atoms with Gasteiger partial charge in [-0.05, 0) is 40.2 Å². The van der Waals surface area contributed by atoms with Crippen LogP contribution in [-0.4, -0.2) is 0 Å². The molecule has 0 bridgehead atoms. The Morgan fingerprint density at radius 1 is 1.35 bits per heavy atom. The summed E-state index contributed by atoms with van der Waals surface area (Å²) in [7, 11) is 0. The van der Waals surface area contributed by atoms with Gasteiger partial charge in [-0.2, -0.15) is 5.26 Å². The van der Waals surface area contributed by atoms with Crippen molar-refractivity contribution in [3.63, 3.8) is 0 Å². The predicted octanol–water partition coefficient (Wildman–Crippen LogP) is 4.61. The van der Waals surface area contributed by atoms with Crippen molar-refractivity contribution in [1.82, 2.24) is 0 Å². The second-order valence-corrected chi connectivity index (χ2v) is 6.23. The average molecular weight is 329 g/mol. The molecule has 2 nitrogen and oxygen atoms in total. The Balaban J connectivity index is 2.13. The summed E-state index contributed by atoms with van der Waals surface area (Å²) in [4.78, 5) is 1.08. The maximum atomic E-state index is 8.93. The topological polar surface area (TPSA) is 33.0 Å².